The van der Waals surface area contributed by atoms with Crippen LogP contribution in [0.1, 0.15) is 132 Å². The Kier molecular flexibility index (Phi) is 20.8. The number of benzene rings is 5. The quantitative estimate of drug-likeness (QED) is 0.0163. The lowest BCUT2D eigenvalue weighted by Crippen LogP contribution is -2.45. The zero-order chi connectivity index (χ0) is 63.8. The smallest absolute Gasteiger partial charge is 0.497 e. The van der Waals surface area contributed by atoms with Crippen LogP contribution in [0.2, 0.25) is 18.1 Å². The van der Waals surface area contributed by atoms with Crippen LogP contribution in [0.5, 0.6) is 11.5 Å². The molecule has 6 N–H and O–H groups in total. The molecular formula is C66H82N6O13SSi. The topological polar surface area (TPSA) is 268 Å². The summed E-state index contributed by atoms with van der Waals surface area (Å²) in [7, 11) is -5.22. The van der Waals surface area contributed by atoms with Gasteiger partial charge in [0.05, 0.1) is 64.5 Å². The van der Waals surface area contributed by atoms with E-state index in [-0.39, 0.29) is 67.5 Å². The Labute approximate surface area is 510 Å². The van der Waals surface area contributed by atoms with Gasteiger partial charge >= 0.3 is 12.2 Å². The Bertz CT molecular complexity index is 3830. The number of aryl methyl sites for hydroxylation is 1. The molecule has 3 amide bonds. The lowest BCUT2D eigenvalue weighted by Gasteiger charge is -2.40. The maximum Gasteiger partial charge on any atom is 0.514 e. The summed E-state index contributed by atoms with van der Waals surface area (Å²) in [5.74, 6) is -0.619. The fourth-order valence-electron chi connectivity index (χ4n) is 9.73. The van der Waals surface area contributed by atoms with Gasteiger partial charge in [0.15, 0.2) is 14.1 Å². The van der Waals surface area contributed by atoms with Gasteiger partial charge in [0.1, 0.15) is 11.4 Å². The van der Waals surface area contributed by atoms with E-state index in [1.807, 2.05) is 12.1 Å². The van der Waals surface area contributed by atoms with Gasteiger partial charge in [-0.3, -0.25) is 19.4 Å². The van der Waals surface area contributed by atoms with Crippen molar-refractivity contribution in [2.24, 2.45) is 11.1 Å². The maximum atomic E-state index is 14.3. The van der Waals surface area contributed by atoms with Gasteiger partial charge in [0.25, 0.3) is 11.8 Å². The average molecular weight is 1230 g/mol. The first-order chi connectivity index (χ1) is 40.7. The molecule has 7 aromatic rings. The van der Waals surface area contributed by atoms with E-state index in [0.29, 0.717) is 64.0 Å². The summed E-state index contributed by atoms with van der Waals surface area (Å²) < 4.78 is 58.6. The summed E-state index contributed by atoms with van der Waals surface area (Å²) in [6.07, 6.45) is 2.01. The van der Waals surface area contributed by atoms with Crippen molar-refractivity contribution in [1.29, 1.82) is 0 Å². The van der Waals surface area contributed by atoms with E-state index in [2.05, 4.69) is 75.2 Å². The van der Waals surface area contributed by atoms with Crippen molar-refractivity contribution in [2.45, 2.75) is 147 Å². The highest BCUT2D eigenvalue weighted by Gasteiger charge is 2.41. The predicted molar refractivity (Wildman–Crippen MR) is 341 cm³/mol. The molecule has 0 saturated heterocycles. The molecule has 19 nitrogen and oxygen atoms in total. The minimum absolute atomic E-state index is 0.0205. The number of anilines is 3. The zero-order valence-electron chi connectivity index (χ0n) is 52.0. The van der Waals surface area contributed by atoms with Crippen LogP contribution >= 0.6 is 0 Å². The Balaban J connectivity index is 0.952. The lowest BCUT2D eigenvalue weighted by atomic mass is 9.86. The van der Waals surface area contributed by atoms with Crippen molar-refractivity contribution < 1.29 is 56.1 Å². The van der Waals surface area contributed by atoms with E-state index in [1.54, 1.807) is 82.3 Å². The number of fused-ring (bicyclic) bond motifs is 2. The molecule has 7 rings (SSSR count). The number of rotatable bonds is 24. The molecule has 0 radical (unpaired) electrons. The molecule has 0 bridgehead atoms. The molecule has 0 aliphatic rings. The third kappa shape index (κ3) is 17.1. The number of amides is 3. The first kappa shape index (κ1) is 66.4. The summed E-state index contributed by atoms with van der Waals surface area (Å²) in [6.45, 7) is 24.5. The molecule has 0 aliphatic carbocycles. The van der Waals surface area contributed by atoms with Crippen LogP contribution in [0.25, 0.3) is 21.8 Å². The number of pyridine rings is 2. The fourth-order valence-corrected chi connectivity index (χ4v) is 12.4. The van der Waals surface area contributed by atoms with Gasteiger partial charge in [0.2, 0.25) is 15.4 Å². The largest absolute Gasteiger partial charge is 0.514 e. The van der Waals surface area contributed by atoms with Crippen LogP contribution in [0.15, 0.2) is 130 Å². The third-order valence-electron chi connectivity index (χ3n) is 15.5. The molecule has 0 fully saturated rings. The number of nitrogens with one attached hydrogen (secondary N) is 3. The van der Waals surface area contributed by atoms with Crippen LogP contribution in [-0.4, -0.2) is 99.3 Å². The predicted octanol–water partition coefficient (Wildman–Crippen LogP) is 13.9. The number of sulfone groups is 1. The number of aromatic nitrogens is 2. The number of unbranched alkanes of at least 4 members (excludes halogenated alkanes) is 2. The van der Waals surface area contributed by atoms with Gasteiger partial charge in [-0.05, 0) is 154 Å². The van der Waals surface area contributed by atoms with Gasteiger partial charge in [-0.15, -0.1) is 0 Å². The highest BCUT2D eigenvalue weighted by Crippen LogP contribution is 2.42. The Morgan fingerprint density at radius 3 is 2.18 bits per heavy atom. The lowest BCUT2D eigenvalue weighted by molar-refractivity contribution is -0.0228. The van der Waals surface area contributed by atoms with E-state index >= 15 is 0 Å². The molecule has 1 unspecified atom stereocenters. The molecule has 21 heteroatoms. The molecule has 0 spiro atoms. The summed E-state index contributed by atoms with van der Waals surface area (Å²) in [6, 6.07) is 29.5. The number of carboxylic acid groups (broad SMARTS) is 1. The Morgan fingerprint density at radius 1 is 0.816 bits per heavy atom. The van der Waals surface area contributed by atoms with E-state index in [9.17, 15) is 37.5 Å². The molecule has 2 aromatic heterocycles. The second kappa shape index (κ2) is 27.3. The average Bonchev–Trinajstić information content (AvgIpc) is 0.945. The number of nitrogens with two attached hydrogens (primary N) is 1. The van der Waals surface area contributed by atoms with Crippen molar-refractivity contribution in [3.8, 4) is 11.5 Å². The van der Waals surface area contributed by atoms with Gasteiger partial charge in [-0.25, -0.2) is 18.0 Å². The van der Waals surface area contributed by atoms with Crippen LogP contribution < -0.4 is 31.4 Å². The highest BCUT2D eigenvalue weighted by atomic mass is 32.2. The van der Waals surface area contributed by atoms with E-state index in [1.165, 1.54) is 60.7 Å². The number of primary amides is 1. The Morgan fingerprint density at radius 2 is 1.53 bits per heavy atom. The number of H-pyrrole nitrogens is 1. The highest BCUT2D eigenvalue weighted by molar-refractivity contribution is 7.91. The molecule has 5 aromatic carbocycles. The zero-order valence-corrected chi connectivity index (χ0v) is 53.8. The summed E-state index contributed by atoms with van der Waals surface area (Å²) in [4.78, 5) is 73.2. The number of hydrogen-bond acceptors (Lipinski definition) is 14. The van der Waals surface area contributed by atoms with Crippen molar-refractivity contribution in [2.75, 3.05) is 37.4 Å². The number of carbonyl (C=O) groups excluding carboxylic acids is 3. The first-order valence-corrected chi connectivity index (χ1v) is 33.4. The molecule has 2 heterocycles. The number of aromatic amines is 1. The normalized spacial score (nSPS) is 13.0. The van der Waals surface area contributed by atoms with Crippen LogP contribution in [0, 0.1) is 12.3 Å². The number of methoxy groups -OCH3 is 1. The van der Waals surface area contributed by atoms with Gasteiger partial charge in [-0.1, -0.05) is 84.7 Å². The molecule has 87 heavy (non-hydrogen) atoms. The summed E-state index contributed by atoms with van der Waals surface area (Å²) >= 11 is 0. The second-order valence-corrected chi connectivity index (χ2v) is 32.0. The minimum atomic E-state index is -4.22. The van der Waals surface area contributed by atoms with E-state index in [4.69, 9.17) is 29.1 Å². The summed E-state index contributed by atoms with van der Waals surface area (Å²) in [5, 5.41) is 17.4. The van der Waals surface area contributed by atoms with Crippen LogP contribution in [-0.2, 0) is 30.2 Å². The van der Waals surface area contributed by atoms with Crippen LogP contribution in [0.3, 0.4) is 0 Å². The second-order valence-electron chi connectivity index (χ2n) is 25.3. The monoisotopic (exact) mass is 1230 g/mol. The minimum Gasteiger partial charge on any atom is -0.497 e. The standard InChI is InChI=1S/C66H82N6O13SSi/c1-41-35-48(38-51-57(41)68-39-52(60(67)74)58(51)69-45-20-18-21-46(37-45)81-11)86(79,80)47-22-17-19-43(36-47)61(75)70-44-26-24-42(25-27-44)32-34-82-55(64(2,3)4)23-15-14-16-33-72(62(76)77)40-54(85-87(12,13)66(8,9)10)49-28-30-53(83-63(78)84-65(5,6)7)59-50(49)29-31-56(73)71-59/h17-22,24-31,35-39,54-55H,14-16,23,32-34,40H2,1-13H3,(H2,67,74)(H,68,69)(H,70,75)(H,71,73)(H,76,77)/t54?,55-/m1/s1. The molecule has 464 valence electrons. The van der Waals surface area contributed by atoms with E-state index < -0.39 is 59.5 Å². The Hall–Kier alpha value is -8.11. The third-order valence-corrected chi connectivity index (χ3v) is 21.7. The summed E-state index contributed by atoms with van der Waals surface area (Å²) in [5.41, 5.74) is 8.79. The van der Waals surface area contributed by atoms with Crippen molar-refractivity contribution in [3.05, 3.63) is 154 Å². The number of ether oxygens (including phenoxy) is 4. The molecule has 2 atom stereocenters. The van der Waals surface area contributed by atoms with Crippen molar-refractivity contribution in [3.63, 3.8) is 0 Å². The number of hydrogen-bond donors (Lipinski definition) is 5. The van der Waals surface area contributed by atoms with Gasteiger partial charge < -0.3 is 54.7 Å². The molecule has 0 saturated carbocycles. The first-order valence-electron chi connectivity index (χ1n) is 29.0. The number of carbonyl (C=O) groups is 4. The molecular weight excluding hydrogens is 1140 g/mol. The maximum absolute atomic E-state index is 14.3. The van der Waals surface area contributed by atoms with E-state index in [0.717, 1.165) is 24.8 Å². The van der Waals surface area contributed by atoms with Crippen molar-refractivity contribution >= 4 is 81.1 Å². The van der Waals surface area contributed by atoms with Crippen molar-refractivity contribution in [1.82, 2.24) is 14.9 Å². The SMILES string of the molecule is COc1cccc(Nc2c(C(N)=O)cnc3c(C)cc(S(=O)(=O)c4cccc(C(=O)Nc5ccc(CCO[C@H](CCCCCN(CC(O[Si](C)(C)C(C)(C)C)c6ccc(OC(=O)OC(C)(C)C)c7[nH]c(=O)ccc67)C(=O)O)C(C)(C)C)cc5)c4)cc23)c1. The number of nitrogens with zero attached hydrogens (tertiary/aromatic N) is 2. The van der Waals surface area contributed by atoms with Gasteiger partial charge in [0, 0.05) is 52.6 Å². The fraction of sp³-hybridized carbons (Fsp3) is 0.394. The van der Waals surface area contributed by atoms with Gasteiger partial charge in [-0.2, -0.15) is 0 Å². The van der Waals surface area contributed by atoms with Crippen LogP contribution in [0.4, 0.5) is 26.7 Å². The molecule has 0 aliphatic heterocycles.